The van der Waals surface area contributed by atoms with Crippen molar-refractivity contribution in [2.24, 2.45) is 0 Å². The van der Waals surface area contributed by atoms with E-state index in [2.05, 4.69) is 49.4 Å². The molecule has 3 heteroatoms. The first-order valence-electron chi connectivity index (χ1n) is 9.11. The van der Waals surface area contributed by atoms with Gasteiger partial charge >= 0.3 is 0 Å². The van der Waals surface area contributed by atoms with E-state index in [-0.39, 0.29) is 6.61 Å². The molecule has 0 unspecified atom stereocenters. The maximum Gasteiger partial charge on any atom is 0.121 e. The van der Waals surface area contributed by atoms with Crippen LogP contribution in [0.5, 0.6) is 11.5 Å². The van der Waals surface area contributed by atoms with Crippen molar-refractivity contribution >= 4 is 0 Å². The molecule has 0 amide bonds. The topological polar surface area (TPSA) is 38.7 Å². The molecule has 0 aromatic heterocycles. The fourth-order valence-electron chi connectivity index (χ4n) is 3.59. The van der Waals surface area contributed by atoms with Crippen LogP contribution in [0.3, 0.4) is 0 Å². The molecule has 3 rings (SSSR count). The van der Waals surface area contributed by atoms with Gasteiger partial charge in [0.2, 0.25) is 0 Å². The third kappa shape index (κ3) is 3.83. The summed E-state index contributed by atoms with van der Waals surface area (Å²) in [4.78, 5) is 0. The first kappa shape index (κ1) is 19.0. The van der Waals surface area contributed by atoms with Crippen LogP contribution in [0.15, 0.2) is 54.6 Å². The molecule has 0 saturated heterocycles. The molecule has 0 fully saturated rings. The van der Waals surface area contributed by atoms with Gasteiger partial charge in [-0.25, -0.2) is 0 Å². The molecule has 0 aliphatic carbocycles. The van der Waals surface area contributed by atoms with Gasteiger partial charge < -0.3 is 14.6 Å². The van der Waals surface area contributed by atoms with Crippen LogP contribution in [-0.2, 0) is 6.42 Å². The van der Waals surface area contributed by atoms with Gasteiger partial charge in [0.1, 0.15) is 11.5 Å². The van der Waals surface area contributed by atoms with Crippen LogP contribution in [0.1, 0.15) is 16.7 Å². The molecule has 0 aliphatic rings. The van der Waals surface area contributed by atoms with E-state index in [4.69, 9.17) is 9.47 Å². The number of rotatable bonds is 6. The highest BCUT2D eigenvalue weighted by molar-refractivity contribution is 5.86. The Morgan fingerprint density at radius 1 is 0.778 bits per heavy atom. The molecule has 140 valence electrons. The van der Waals surface area contributed by atoms with Crippen LogP contribution < -0.4 is 9.47 Å². The first-order chi connectivity index (χ1) is 13.1. The molecule has 0 radical (unpaired) electrons. The van der Waals surface area contributed by atoms with E-state index in [0.29, 0.717) is 6.42 Å². The number of aliphatic hydroxyl groups excluding tert-OH is 1. The molecular weight excluding hydrogens is 336 g/mol. The largest absolute Gasteiger partial charge is 0.496 e. The molecule has 0 saturated carbocycles. The number of hydrogen-bond donors (Lipinski definition) is 1. The summed E-state index contributed by atoms with van der Waals surface area (Å²) in [5.74, 6) is 1.76. The lowest BCUT2D eigenvalue weighted by Crippen LogP contribution is -1.98. The zero-order valence-corrected chi connectivity index (χ0v) is 16.4. The number of aliphatic hydroxyl groups is 1. The zero-order valence-electron chi connectivity index (χ0n) is 16.4. The Balaban J connectivity index is 2.22. The van der Waals surface area contributed by atoms with Crippen LogP contribution in [0, 0.1) is 13.8 Å². The minimum absolute atomic E-state index is 0.118. The minimum atomic E-state index is 0.118. The second kappa shape index (κ2) is 8.28. The Kier molecular flexibility index (Phi) is 5.82. The molecule has 0 spiro atoms. The van der Waals surface area contributed by atoms with Crippen LogP contribution in [0.2, 0.25) is 0 Å². The van der Waals surface area contributed by atoms with Gasteiger partial charge in [-0.05, 0) is 83.5 Å². The van der Waals surface area contributed by atoms with Crippen molar-refractivity contribution in [3.05, 3.63) is 71.3 Å². The summed E-state index contributed by atoms with van der Waals surface area (Å²) in [6, 6.07) is 18.8. The SMILES string of the molecule is COc1ccc(-c2cccc(CCO)c2-c2ccc(OC)c(C)c2)cc1C. The van der Waals surface area contributed by atoms with Gasteiger partial charge in [-0.15, -0.1) is 0 Å². The number of methoxy groups -OCH3 is 2. The predicted octanol–water partition coefficient (Wildman–Crippen LogP) is 5.19. The van der Waals surface area contributed by atoms with E-state index in [0.717, 1.165) is 50.4 Å². The third-order valence-corrected chi connectivity index (χ3v) is 4.92. The summed E-state index contributed by atoms with van der Waals surface area (Å²) >= 11 is 0. The van der Waals surface area contributed by atoms with Gasteiger partial charge in [0.25, 0.3) is 0 Å². The maximum atomic E-state index is 9.57. The van der Waals surface area contributed by atoms with Crippen LogP contribution in [0.4, 0.5) is 0 Å². The van der Waals surface area contributed by atoms with Crippen LogP contribution >= 0.6 is 0 Å². The fraction of sp³-hybridized carbons (Fsp3) is 0.250. The average molecular weight is 362 g/mol. The maximum absolute atomic E-state index is 9.57. The Labute approximate surface area is 161 Å². The number of ether oxygens (including phenoxy) is 2. The van der Waals surface area contributed by atoms with E-state index in [1.807, 2.05) is 19.1 Å². The number of aryl methyl sites for hydroxylation is 2. The van der Waals surface area contributed by atoms with E-state index < -0.39 is 0 Å². The molecule has 0 atom stereocenters. The summed E-state index contributed by atoms with van der Waals surface area (Å²) in [5.41, 5.74) is 7.88. The van der Waals surface area contributed by atoms with Gasteiger partial charge in [-0.3, -0.25) is 0 Å². The van der Waals surface area contributed by atoms with E-state index >= 15 is 0 Å². The van der Waals surface area contributed by atoms with Crippen molar-refractivity contribution in [3.8, 4) is 33.8 Å². The third-order valence-electron chi connectivity index (χ3n) is 4.92. The molecule has 1 N–H and O–H groups in total. The first-order valence-corrected chi connectivity index (χ1v) is 9.11. The highest BCUT2D eigenvalue weighted by atomic mass is 16.5. The van der Waals surface area contributed by atoms with Crippen molar-refractivity contribution in [1.82, 2.24) is 0 Å². The van der Waals surface area contributed by atoms with Crippen molar-refractivity contribution in [1.29, 1.82) is 0 Å². The lowest BCUT2D eigenvalue weighted by Gasteiger charge is -2.17. The summed E-state index contributed by atoms with van der Waals surface area (Å²) in [6.45, 7) is 4.22. The standard InChI is InChI=1S/C24H26O3/c1-16-14-19(8-10-22(16)26-3)21-7-5-6-18(12-13-25)24(21)20-9-11-23(27-4)17(2)15-20/h5-11,14-15,25H,12-13H2,1-4H3. The Morgan fingerprint density at radius 2 is 1.37 bits per heavy atom. The quantitative estimate of drug-likeness (QED) is 0.656. The summed E-state index contributed by atoms with van der Waals surface area (Å²) < 4.78 is 10.8. The normalized spacial score (nSPS) is 10.7. The van der Waals surface area contributed by atoms with Crippen molar-refractivity contribution in [3.63, 3.8) is 0 Å². The Bertz CT molecular complexity index is 944. The van der Waals surface area contributed by atoms with E-state index in [1.165, 1.54) is 0 Å². The number of hydrogen-bond acceptors (Lipinski definition) is 3. The molecule has 0 bridgehead atoms. The minimum Gasteiger partial charge on any atom is -0.496 e. The Hall–Kier alpha value is -2.78. The lowest BCUT2D eigenvalue weighted by atomic mass is 9.88. The van der Waals surface area contributed by atoms with Crippen molar-refractivity contribution < 1.29 is 14.6 Å². The van der Waals surface area contributed by atoms with Crippen molar-refractivity contribution in [2.75, 3.05) is 20.8 Å². The molecule has 3 aromatic rings. The zero-order chi connectivity index (χ0) is 19.4. The van der Waals surface area contributed by atoms with Gasteiger partial charge in [0.05, 0.1) is 14.2 Å². The molecule has 0 aliphatic heterocycles. The summed E-state index contributed by atoms with van der Waals surface area (Å²) in [5, 5.41) is 9.57. The van der Waals surface area contributed by atoms with Crippen LogP contribution in [0.25, 0.3) is 22.3 Å². The van der Waals surface area contributed by atoms with Gasteiger partial charge in [0, 0.05) is 6.61 Å². The Morgan fingerprint density at radius 3 is 1.93 bits per heavy atom. The lowest BCUT2D eigenvalue weighted by molar-refractivity contribution is 0.300. The molecule has 0 heterocycles. The van der Waals surface area contributed by atoms with Crippen molar-refractivity contribution in [2.45, 2.75) is 20.3 Å². The van der Waals surface area contributed by atoms with Gasteiger partial charge in [-0.2, -0.15) is 0 Å². The highest BCUT2D eigenvalue weighted by Gasteiger charge is 2.14. The fourth-order valence-corrected chi connectivity index (χ4v) is 3.59. The molecule has 3 aromatic carbocycles. The summed E-state index contributed by atoms with van der Waals surface area (Å²) in [6.07, 6.45) is 0.614. The second-order valence-electron chi connectivity index (χ2n) is 6.68. The monoisotopic (exact) mass is 362 g/mol. The second-order valence-corrected chi connectivity index (χ2v) is 6.68. The average Bonchev–Trinajstić information content (AvgIpc) is 2.68. The molecular formula is C24H26O3. The number of benzene rings is 3. The highest BCUT2D eigenvalue weighted by Crippen LogP contribution is 2.38. The molecule has 27 heavy (non-hydrogen) atoms. The van der Waals surface area contributed by atoms with Crippen LogP contribution in [-0.4, -0.2) is 25.9 Å². The summed E-state index contributed by atoms with van der Waals surface area (Å²) in [7, 11) is 3.38. The van der Waals surface area contributed by atoms with Gasteiger partial charge in [-0.1, -0.05) is 30.3 Å². The van der Waals surface area contributed by atoms with E-state index in [9.17, 15) is 5.11 Å². The predicted molar refractivity (Wildman–Crippen MR) is 111 cm³/mol. The van der Waals surface area contributed by atoms with Gasteiger partial charge in [0.15, 0.2) is 0 Å². The molecule has 3 nitrogen and oxygen atoms in total. The smallest absolute Gasteiger partial charge is 0.121 e. The van der Waals surface area contributed by atoms with E-state index in [1.54, 1.807) is 14.2 Å².